The first kappa shape index (κ1) is 27.7. The van der Waals surface area contributed by atoms with Crippen LogP contribution >= 0.6 is 11.6 Å². The molecule has 5 rings (SSSR count). The van der Waals surface area contributed by atoms with Crippen LogP contribution < -0.4 is 16.2 Å². The van der Waals surface area contributed by atoms with Crippen LogP contribution in [0.4, 0.5) is 18.9 Å². The summed E-state index contributed by atoms with van der Waals surface area (Å²) < 4.78 is 48.0. The van der Waals surface area contributed by atoms with Crippen LogP contribution in [-0.4, -0.2) is 43.6 Å². The Morgan fingerprint density at radius 2 is 1.98 bits per heavy atom. The van der Waals surface area contributed by atoms with Crippen molar-refractivity contribution in [2.75, 3.05) is 18.9 Å². The third-order valence-corrected chi connectivity index (χ3v) is 7.27. The maximum Gasteiger partial charge on any atom is 0.416 e. The zero-order valence-corrected chi connectivity index (χ0v) is 22.3. The van der Waals surface area contributed by atoms with E-state index < -0.39 is 28.8 Å². The molecule has 14 heteroatoms. The molecular formula is C26H25ClF3N7O3. The fraction of sp³-hybridized carbons (Fsp3) is 0.346. The zero-order valence-electron chi connectivity index (χ0n) is 21.5. The van der Waals surface area contributed by atoms with Crippen molar-refractivity contribution in [2.45, 2.75) is 44.7 Å². The van der Waals surface area contributed by atoms with Crippen molar-refractivity contribution in [3.63, 3.8) is 0 Å². The number of carbonyl (C=O) groups is 1. The lowest BCUT2D eigenvalue weighted by atomic mass is 9.89. The van der Waals surface area contributed by atoms with Crippen molar-refractivity contribution in [1.29, 1.82) is 0 Å². The second kappa shape index (κ2) is 10.6. The van der Waals surface area contributed by atoms with E-state index in [2.05, 4.69) is 25.7 Å². The molecule has 0 fully saturated rings. The second-order valence-corrected chi connectivity index (χ2v) is 9.73. The van der Waals surface area contributed by atoms with Gasteiger partial charge in [-0.15, -0.1) is 5.10 Å². The van der Waals surface area contributed by atoms with Crippen LogP contribution in [0.1, 0.15) is 36.6 Å². The van der Waals surface area contributed by atoms with Gasteiger partial charge in [-0.3, -0.25) is 14.6 Å². The van der Waals surface area contributed by atoms with E-state index in [-0.39, 0.29) is 35.5 Å². The summed E-state index contributed by atoms with van der Waals surface area (Å²) in [6.07, 6.45) is -0.424. The molecule has 1 atom stereocenters. The smallest absolute Gasteiger partial charge is 0.364 e. The van der Waals surface area contributed by atoms with Crippen LogP contribution in [0.25, 0.3) is 17.2 Å². The molecule has 1 aromatic carbocycles. The van der Waals surface area contributed by atoms with Crippen molar-refractivity contribution in [1.82, 2.24) is 29.5 Å². The highest BCUT2D eigenvalue weighted by molar-refractivity contribution is 6.33. The third-order valence-electron chi connectivity index (χ3n) is 6.95. The van der Waals surface area contributed by atoms with E-state index in [0.717, 1.165) is 22.7 Å². The van der Waals surface area contributed by atoms with Crippen molar-refractivity contribution in [2.24, 2.45) is 0 Å². The first-order chi connectivity index (χ1) is 19.1. The molecule has 0 aliphatic carbocycles. The first-order valence-corrected chi connectivity index (χ1v) is 12.8. The molecule has 4 aromatic rings. The van der Waals surface area contributed by atoms with Crippen LogP contribution in [0.15, 0.2) is 47.5 Å². The minimum atomic E-state index is -4.58. The summed E-state index contributed by atoms with van der Waals surface area (Å²) in [6.45, 7) is 2.23. The Morgan fingerprint density at radius 3 is 2.62 bits per heavy atom. The number of pyridine rings is 1. The number of amides is 1. The van der Waals surface area contributed by atoms with Gasteiger partial charge in [0.25, 0.3) is 5.56 Å². The number of rotatable bonds is 8. The Labute approximate surface area is 231 Å². The zero-order chi connectivity index (χ0) is 28.7. The van der Waals surface area contributed by atoms with Crippen LogP contribution in [-0.2, 0) is 34.5 Å². The van der Waals surface area contributed by atoms with Gasteiger partial charge in [0.05, 0.1) is 34.1 Å². The highest BCUT2D eigenvalue weighted by Crippen LogP contribution is 2.40. The maximum absolute atomic E-state index is 13.8. The molecule has 0 spiro atoms. The van der Waals surface area contributed by atoms with Gasteiger partial charge in [0.2, 0.25) is 11.7 Å². The Morgan fingerprint density at radius 1 is 1.23 bits per heavy atom. The standard InChI is InChI=1S/C26H25ClF3N7O3/c1-3-25(8-11-31-2)21-19(14-40-25)36(13-20(38)33-18-5-4-16(12-17(18)27)26(28,29)30)24-34-22(35-37(24)23(21)39)15-6-9-32-10-7-15/h4-7,9-10,12,31H,3,8,11,13-14H2,1-2H3,(H,33,38). The molecule has 10 nitrogen and oxygen atoms in total. The lowest BCUT2D eigenvalue weighted by Crippen LogP contribution is -2.37. The maximum atomic E-state index is 13.8. The average Bonchev–Trinajstić information content (AvgIpc) is 3.55. The Bertz CT molecular complexity index is 1640. The largest absolute Gasteiger partial charge is 0.416 e. The van der Waals surface area contributed by atoms with E-state index in [9.17, 15) is 22.8 Å². The number of ether oxygens (including phenoxy) is 1. The lowest BCUT2D eigenvalue weighted by Gasteiger charge is -2.27. The number of alkyl halides is 3. The van der Waals surface area contributed by atoms with Crippen LogP contribution in [0, 0.1) is 0 Å². The van der Waals surface area contributed by atoms with Gasteiger partial charge in [0.1, 0.15) is 12.1 Å². The number of fused-ring (bicyclic) bond motifs is 2. The summed E-state index contributed by atoms with van der Waals surface area (Å²) in [4.78, 5) is 35.6. The van der Waals surface area contributed by atoms with Crippen LogP contribution in [0.2, 0.25) is 5.02 Å². The number of nitrogens with one attached hydrogen (secondary N) is 2. The predicted molar refractivity (Wildman–Crippen MR) is 141 cm³/mol. The number of halogens is 4. The molecule has 0 radical (unpaired) electrons. The molecule has 0 bridgehead atoms. The predicted octanol–water partition coefficient (Wildman–Crippen LogP) is 4.01. The van der Waals surface area contributed by atoms with E-state index in [1.165, 1.54) is 0 Å². The number of aromatic nitrogens is 5. The molecule has 0 saturated heterocycles. The summed E-state index contributed by atoms with van der Waals surface area (Å²) in [5, 5.41) is 9.83. The number of hydrogen-bond donors (Lipinski definition) is 2. The van der Waals surface area contributed by atoms with Gasteiger partial charge >= 0.3 is 6.18 Å². The quantitative estimate of drug-likeness (QED) is 0.326. The Balaban J connectivity index is 1.60. The molecular weight excluding hydrogens is 551 g/mol. The van der Waals surface area contributed by atoms with Gasteiger partial charge in [-0.2, -0.15) is 22.7 Å². The average molecular weight is 576 g/mol. The van der Waals surface area contributed by atoms with E-state index >= 15 is 0 Å². The number of hydrogen-bond acceptors (Lipinski definition) is 7. The summed E-state index contributed by atoms with van der Waals surface area (Å²) in [6, 6.07) is 6.07. The number of benzene rings is 1. The van der Waals surface area contributed by atoms with E-state index in [1.807, 2.05) is 6.92 Å². The molecule has 2 N–H and O–H groups in total. The second-order valence-electron chi connectivity index (χ2n) is 9.33. The van der Waals surface area contributed by atoms with Crippen molar-refractivity contribution >= 4 is 29.0 Å². The molecule has 0 saturated carbocycles. The van der Waals surface area contributed by atoms with Crippen LogP contribution in [0.3, 0.4) is 0 Å². The number of anilines is 1. The van der Waals surface area contributed by atoms with Crippen molar-refractivity contribution in [3.8, 4) is 11.4 Å². The van der Waals surface area contributed by atoms with E-state index in [4.69, 9.17) is 16.3 Å². The minimum Gasteiger partial charge on any atom is -0.364 e. The van der Waals surface area contributed by atoms with Gasteiger partial charge in [0.15, 0.2) is 5.82 Å². The van der Waals surface area contributed by atoms with Gasteiger partial charge < -0.3 is 19.9 Å². The van der Waals surface area contributed by atoms with Gasteiger partial charge in [0, 0.05) is 18.0 Å². The third kappa shape index (κ3) is 4.95. The monoisotopic (exact) mass is 575 g/mol. The fourth-order valence-corrected chi connectivity index (χ4v) is 5.11. The van der Waals surface area contributed by atoms with Crippen molar-refractivity contribution < 1.29 is 22.7 Å². The normalized spacial score (nSPS) is 16.9. The Kier molecular flexibility index (Phi) is 7.38. The number of nitrogens with zero attached hydrogens (tertiary/aromatic N) is 5. The number of carbonyl (C=O) groups excluding carboxylic acids is 1. The summed E-state index contributed by atoms with van der Waals surface area (Å²) in [5.41, 5.74) is -0.712. The van der Waals surface area contributed by atoms with Gasteiger partial charge in [-0.25, -0.2) is 0 Å². The lowest BCUT2D eigenvalue weighted by molar-refractivity contribution is -0.137. The summed E-state index contributed by atoms with van der Waals surface area (Å²) >= 11 is 6.05. The fourth-order valence-electron chi connectivity index (χ4n) is 4.88. The molecule has 210 valence electrons. The highest BCUT2D eigenvalue weighted by atomic mass is 35.5. The van der Waals surface area contributed by atoms with E-state index in [0.29, 0.717) is 36.2 Å². The summed E-state index contributed by atoms with van der Waals surface area (Å²) in [7, 11) is 1.80. The molecule has 1 amide bonds. The van der Waals surface area contributed by atoms with Crippen LogP contribution in [0.5, 0.6) is 0 Å². The molecule has 1 unspecified atom stereocenters. The molecule has 1 aliphatic heterocycles. The summed E-state index contributed by atoms with van der Waals surface area (Å²) in [5.74, 6) is -0.207. The van der Waals surface area contributed by atoms with Crippen molar-refractivity contribution in [3.05, 3.63) is 74.9 Å². The molecule has 3 aromatic heterocycles. The van der Waals surface area contributed by atoms with Gasteiger partial charge in [-0.1, -0.05) is 18.5 Å². The Hall–Kier alpha value is -3.81. The van der Waals surface area contributed by atoms with Gasteiger partial charge in [-0.05, 0) is 56.8 Å². The molecule has 40 heavy (non-hydrogen) atoms. The SMILES string of the molecule is CCC1(CCNC)OCc2c1c(=O)n1nc(-c3ccncc3)nc1n2CC(=O)Nc1ccc(C(F)(F)F)cc1Cl. The topological polar surface area (TPSA) is 115 Å². The minimum absolute atomic E-state index is 0.0143. The van der Waals surface area contributed by atoms with E-state index in [1.54, 1.807) is 36.1 Å². The molecule has 4 heterocycles. The highest BCUT2D eigenvalue weighted by Gasteiger charge is 2.43. The molecule has 1 aliphatic rings. The first-order valence-electron chi connectivity index (χ1n) is 12.5.